The summed E-state index contributed by atoms with van der Waals surface area (Å²) < 4.78 is 48.0. The molecule has 0 N–H and O–H groups in total. The molecule has 0 spiro atoms. The van der Waals surface area contributed by atoms with Crippen LogP contribution >= 0.6 is 22.7 Å². The number of esters is 2. The molecular weight excluding hydrogens is 709 g/mol. The summed E-state index contributed by atoms with van der Waals surface area (Å²) in [6.07, 6.45) is 4.66. The molecule has 52 heavy (non-hydrogen) atoms. The van der Waals surface area contributed by atoms with Gasteiger partial charge >= 0.3 is 11.9 Å². The Bertz CT molecular complexity index is 1670. The Morgan fingerprint density at radius 3 is 1.23 bits per heavy atom. The zero-order valence-corrected chi connectivity index (χ0v) is 32.7. The Hall–Kier alpha value is -4.82. The molecule has 4 rings (SSSR count). The standard InChI is InChI=1S/C38H48N2O10S2/c1-25-33(51-23-39(25)21-27-17-29(43-3)37(47-7)30(18-27)44-4)13-15-49-35(41)11-9-10-12-36(42)50-16-14-34-26(2)40(24-52-34)22-28-19-31(45-5)38(48-8)32(20-28)46-6/h9-10,17-20,23-24H,11-16,21-22H2,1-8H3/q+2/b10-9+. The van der Waals surface area contributed by atoms with Gasteiger partial charge in [-0.05, 0) is 24.3 Å². The topological polar surface area (TPSA) is 116 Å². The third kappa shape index (κ3) is 10.4. The fourth-order valence-corrected chi connectivity index (χ4v) is 7.49. The van der Waals surface area contributed by atoms with Crippen LogP contribution in [-0.2, 0) is 45.0 Å². The number of benzene rings is 2. The second kappa shape index (κ2) is 19.7. The number of carbonyl (C=O) groups is 2. The summed E-state index contributed by atoms with van der Waals surface area (Å²) >= 11 is 3.23. The smallest absolute Gasteiger partial charge is 0.309 e. The lowest BCUT2D eigenvalue weighted by molar-refractivity contribution is -0.689. The van der Waals surface area contributed by atoms with Gasteiger partial charge in [-0.3, -0.25) is 9.59 Å². The minimum Gasteiger partial charge on any atom is -0.493 e. The van der Waals surface area contributed by atoms with Crippen LogP contribution in [0.25, 0.3) is 0 Å². The molecule has 0 saturated heterocycles. The lowest BCUT2D eigenvalue weighted by atomic mass is 10.1. The first-order valence-electron chi connectivity index (χ1n) is 16.6. The van der Waals surface area contributed by atoms with Crippen molar-refractivity contribution in [2.24, 2.45) is 0 Å². The van der Waals surface area contributed by atoms with Crippen LogP contribution in [0.4, 0.5) is 0 Å². The second-order valence-corrected chi connectivity index (χ2v) is 13.5. The van der Waals surface area contributed by atoms with E-state index in [0.29, 0.717) is 60.4 Å². The minimum atomic E-state index is -0.350. The van der Waals surface area contributed by atoms with E-state index < -0.39 is 0 Å². The van der Waals surface area contributed by atoms with Gasteiger partial charge in [0.15, 0.2) is 47.5 Å². The number of rotatable bonds is 20. The van der Waals surface area contributed by atoms with E-state index in [4.69, 9.17) is 37.9 Å². The molecule has 0 radical (unpaired) electrons. The Labute approximate surface area is 313 Å². The normalized spacial score (nSPS) is 11.0. The highest BCUT2D eigenvalue weighted by molar-refractivity contribution is 7.09. The van der Waals surface area contributed by atoms with Crippen molar-refractivity contribution in [2.45, 2.75) is 52.6 Å². The van der Waals surface area contributed by atoms with Gasteiger partial charge in [-0.2, -0.15) is 9.13 Å². The first kappa shape index (κ1) is 40.0. The van der Waals surface area contributed by atoms with Crippen molar-refractivity contribution in [3.05, 3.63) is 79.7 Å². The molecule has 0 amide bonds. The Morgan fingerprint density at radius 1 is 0.577 bits per heavy atom. The van der Waals surface area contributed by atoms with E-state index in [1.165, 1.54) is 0 Å². The molecule has 2 aromatic heterocycles. The predicted octanol–water partition coefficient (Wildman–Crippen LogP) is 5.36. The molecule has 12 nitrogen and oxygen atoms in total. The number of thiazole rings is 2. The van der Waals surface area contributed by atoms with Crippen LogP contribution in [0.15, 0.2) is 47.4 Å². The van der Waals surface area contributed by atoms with E-state index in [0.717, 1.165) is 32.3 Å². The predicted molar refractivity (Wildman–Crippen MR) is 197 cm³/mol. The van der Waals surface area contributed by atoms with Crippen molar-refractivity contribution in [1.82, 2.24) is 0 Å². The first-order valence-corrected chi connectivity index (χ1v) is 18.4. The third-order valence-corrected chi connectivity index (χ3v) is 10.7. The maximum absolute atomic E-state index is 12.3. The van der Waals surface area contributed by atoms with E-state index >= 15 is 0 Å². The Morgan fingerprint density at radius 2 is 0.923 bits per heavy atom. The average molecular weight is 757 g/mol. The zero-order valence-electron chi connectivity index (χ0n) is 31.1. The van der Waals surface area contributed by atoms with Crippen molar-refractivity contribution in [2.75, 3.05) is 55.9 Å². The lowest BCUT2D eigenvalue weighted by Gasteiger charge is -2.13. The van der Waals surface area contributed by atoms with Crippen LogP contribution in [0.5, 0.6) is 34.5 Å². The maximum Gasteiger partial charge on any atom is 0.309 e. The molecule has 0 aliphatic heterocycles. The number of hydrogen-bond acceptors (Lipinski definition) is 12. The molecule has 0 atom stereocenters. The highest BCUT2D eigenvalue weighted by atomic mass is 32.1. The van der Waals surface area contributed by atoms with Crippen LogP contribution in [-0.4, -0.2) is 67.8 Å². The maximum atomic E-state index is 12.3. The van der Waals surface area contributed by atoms with Gasteiger partial charge in [0, 0.05) is 37.8 Å². The highest BCUT2D eigenvalue weighted by Gasteiger charge is 2.21. The summed E-state index contributed by atoms with van der Waals surface area (Å²) in [5, 5.41) is 0. The minimum absolute atomic E-state index is 0.0815. The zero-order chi connectivity index (χ0) is 37.6. The molecule has 0 aliphatic carbocycles. The number of ether oxygens (including phenoxy) is 8. The van der Waals surface area contributed by atoms with Crippen LogP contribution in [0.2, 0.25) is 0 Å². The molecule has 14 heteroatoms. The van der Waals surface area contributed by atoms with Crippen molar-refractivity contribution >= 4 is 34.6 Å². The number of carbonyl (C=O) groups excluding carboxylic acids is 2. The summed E-state index contributed by atoms with van der Waals surface area (Å²) in [6, 6.07) is 7.73. The Kier molecular flexibility index (Phi) is 15.1. The lowest BCUT2D eigenvalue weighted by Crippen LogP contribution is -2.35. The molecule has 0 fully saturated rings. The van der Waals surface area contributed by atoms with E-state index in [2.05, 4.69) is 20.2 Å². The molecule has 2 aromatic carbocycles. The molecule has 2 heterocycles. The van der Waals surface area contributed by atoms with Gasteiger partial charge < -0.3 is 37.9 Å². The number of aromatic nitrogens is 2. The fourth-order valence-electron chi connectivity index (χ4n) is 5.53. The van der Waals surface area contributed by atoms with Crippen molar-refractivity contribution < 1.29 is 56.6 Å². The fraction of sp³-hybridized carbons (Fsp3) is 0.421. The van der Waals surface area contributed by atoms with Gasteiger partial charge in [-0.25, -0.2) is 0 Å². The van der Waals surface area contributed by atoms with Crippen LogP contribution in [0.3, 0.4) is 0 Å². The highest BCUT2D eigenvalue weighted by Crippen LogP contribution is 2.39. The summed E-state index contributed by atoms with van der Waals surface area (Å²) in [5.74, 6) is 2.83. The SMILES string of the molecule is COc1cc(C[n+]2csc(CCOC(=O)C/C=C/CC(=O)OCCc3sc[n+](Cc4cc(OC)c(OC)c(OC)c4)c3C)c2C)cc(OC)c1OC. The first-order chi connectivity index (χ1) is 25.1. The number of hydrogen-bond donors (Lipinski definition) is 0. The monoisotopic (exact) mass is 756 g/mol. The van der Waals surface area contributed by atoms with Crippen LogP contribution in [0, 0.1) is 13.8 Å². The number of nitrogens with zero attached hydrogens (tertiary/aromatic N) is 2. The van der Waals surface area contributed by atoms with Crippen molar-refractivity contribution in [3.63, 3.8) is 0 Å². The van der Waals surface area contributed by atoms with Crippen LogP contribution in [0.1, 0.15) is 45.1 Å². The largest absolute Gasteiger partial charge is 0.493 e. The molecule has 0 aliphatic rings. The second-order valence-electron chi connectivity index (χ2n) is 11.6. The number of methoxy groups -OCH3 is 6. The van der Waals surface area contributed by atoms with Gasteiger partial charge in [0.25, 0.3) is 0 Å². The quantitative estimate of drug-likeness (QED) is 0.0664. The van der Waals surface area contributed by atoms with Gasteiger partial charge in [0.05, 0.1) is 78.5 Å². The van der Waals surface area contributed by atoms with Gasteiger partial charge in [-0.1, -0.05) is 34.8 Å². The summed E-state index contributed by atoms with van der Waals surface area (Å²) in [4.78, 5) is 26.9. The average Bonchev–Trinajstić information content (AvgIpc) is 3.68. The molecule has 0 unspecified atom stereocenters. The molecule has 4 aromatic rings. The summed E-state index contributed by atoms with van der Waals surface area (Å²) in [7, 11) is 9.55. The third-order valence-electron chi connectivity index (χ3n) is 8.39. The summed E-state index contributed by atoms with van der Waals surface area (Å²) in [6.45, 7) is 5.88. The van der Waals surface area contributed by atoms with E-state index in [1.807, 2.05) is 38.1 Å². The molecule has 0 bridgehead atoms. The van der Waals surface area contributed by atoms with E-state index in [9.17, 15) is 9.59 Å². The molecular formula is C38H48N2O10S2+2. The van der Waals surface area contributed by atoms with Crippen LogP contribution < -0.4 is 37.6 Å². The Balaban J connectivity index is 1.16. The van der Waals surface area contributed by atoms with Crippen molar-refractivity contribution in [1.29, 1.82) is 0 Å². The van der Waals surface area contributed by atoms with Crippen molar-refractivity contribution in [3.8, 4) is 34.5 Å². The van der Waals surface area contributed by atoms with E-state index in [-0.39, 0.29) is 38.0 Å². The summed E-state index contributed by atoms with van der Waals surface area (Å²) in [5.41, 5.74) is 8.30. The van der Waals surface area contributed by atoms with E-state index in [1.54, 1.807) is 77.5 Å². The van der Waals surface area contributed by atoms with Gasteiger partial charge in [-0.15, -0.1) is 0 Å². The van der Waals surface area contributed by atoms with Gasteiger partial charge in [0.2, 0.25) is 22.5 Å². The van der Waals surface area contributed by atoms with Gasteiger partial charge in [0.1, 0.15) is 0 Å². The molecule has 0 saturated carbocycles. The molecule has 280 valence electrons.